The zero-order valence-corrected chi connectivity index (χ0v) is 17.3. The molecular formula is C30H19NO. The molecule has 0 spiro atoms. The maximum Gasteiger partial charge on any atom is 0.159 e. The van der Waals surface area contributed by atoms with Crippen molar-refractivity contribution in [3.05, 3.63) is 115 Å². The molecule has 0 N–H and O–H groups in total. The lowest BCUT2D eigenvalue weighted by atomic mass is 10.0. The van der Waals surface area contributed by atoms with E-state index in [1.165, 1.54) is 32.9 Å². The summed E-state index contributed by atoms with van der Waals surface area (Å²) in [4.78, 5) is 0. The third kappa shape index (κ3) is 2.41. The van der Waals surface area contributed by atoms with E-state index in [2.05, 4.69) is 108 Å². The van der Waals surface area contributed by atoms with E-state index in [1.54, 1.807) is 0 Å². The zero-order chi connectivity index (χ0) is 21.1. The topological polar surface area (TPSA) is 18.1 Å². The molecule has 2 aromatic heterocycles. The second-order valence-corrected chi connectivity index (χ2v) is 8.21. The summed E-state index contributed by atoms with van der Waals surface area (Å²) in [7, 11) is 0. The summed E-state index contributed by atoms with van der Waals surface area (Å²) < 4.78 is 8.82. The molecular weight excluding hydrogens is 390 g/mol. The fourth-order valence-electron chi connectivity index (χ4n) is 4.95. The molecule has 32 heavy (non-hydrogen) atoms. The summed E-state index contributed by atoms with van der Waals surface area (Å²) >= 11 is 0. The summed E-state index contributed by atoms with van der Waals surface area (Å²) in [6, 6.07) is 40.6. The van der Waals surface area contributed by atoms with Gasteiger partial charge in [-0.1, -0.05) is 84.9 Å². The van der Waals surface area contributed by atoms with Crippen molar-refractivity contribution in [3.63, 3.8) is 0 Å². The maximum absolute atomic E-state index is 6.48. The van der Waals surface area contributed by atoms with Crippen LogP contribution in [-0.2, 0) is 0 Å². The molecule has 5 aromatic carbocycles. The molecule has 0 unspecified atom stereocenters. The van der Waals surface area contributed by atoms with Gasteiger partial charge < -0.3 is 8.98 Å². The highest BCUT2D eigenvalue weighted by Gasteiger charge is 2.18. The summed E-state index contributed by atoms with van der Waals surface area (Å²) in [6.45, 7) is 0. The van der Waals surface area contributed by atoms with Crippen molar-refractivity contribution in [2.75, 3.05) is 0 Å². The fourth-order valence-corrected chi connectivity index (χ4v) is 4.95. The smallest absolute Gasteiger partial charge is 0.159 e. The number of benzene rings is 5. The zero-order valence-electron chi connectivity index (χ0n) is 17.3. The van der Waals surface area contributed by atoms with Gasteiger partial charge in [-0.15, -0.1) is 0 Å². The van der Waals surface area contributed by atoms with Gasteiger partial charge in [0, 0.05) is 21.5 Å². The van der Waals surface area contributed by atoms with Gasteiger partial charge in [0.25, 0.3) is 0 Å². The Morgan fingerprint density at radius 1 is 0.469 bits per heavy atom. The molecule has 0 fully saturated rings. The molecule has 7 rings (SSSR count). The second kappa shape index (κ2) is 6.60. The van der Waals surface area contributed by atoms with Crippen molar-refractivity contribution in [2.24, 2.45) is 0 Å². The lowest BCUT2D eigenvalue weighted by Crippen LogP contribution is -1.95. The Labute approximate surface area is 184 Å². The lowest BCUT2D eigenvalue weighted by Gasteiger charge is -2.11. The highest BCUT2D eigenvalue weighted by Crippen LogP contribution is 2.40. The first-order valence-electron chi connectivity index (χ1n) is 10.9. The molecule has 0 saturated carbocycles. The van der Waals surface area contributed by atoms with E-state index in [0.717, 1.165) is 27.6 Å². The Kier molecular flexibility index (Phi) is 3.58. The molecule has 0 aliphatic carbocycles. The van der Waals surface area contributed by atoms with Crippen molar-refractivity contribution >= 4 is 43.7 Å². The number of para-hydroxylation sites is 3. The first-order chi connectivity index (χ1) is 15.9. The summed E-state index contributed by atoms with van der Waals surface area (Å²) in [5, 5.41) is 4.77. The van der Waals surface area contributed by atoms with Crippen molar-refractivity contribution in [1.82, 2.24) is 4.57 Å². The molecule has 0 atom stereocenters. The average molecular weight is 409 g/mol. The highest BCUT2D eigenvalue weighted by molar-refractivity contribution is 6.13. The number of hydrogen-bond donors (Lipinski definition) is 0. The third-order valence-corrected chi connectivity index (χ3v) is 6.39. The van der Waals surface area contributed by atoms with Gasteiger partial charge in [0.2, 0.25) is 0 Å². The Bertz CT molecular complexity index is 1720. The Balaban J connectivity index is 1.69. The fraction of sp³-hybridized carbons (Fsp3) is 0. The van der Waals surface area contributed by atoms with Crippen LogP contribution in [0.15, 0.2) is 120 Å². The van der Waals surface area contributed by atoms with Crippen LogP contribution in [0.4, 0.5) is 0 Å². The van der Waals surface area contributed by atoms with E-state index in [-0.39, 0.29) is 0 Å². The minimum absolute atomic E-state index is 0.912. The van der Waals surface area contributed by atoms with Crippen LogP contribution in [0.1, 0.15) is 0 Å². The third-order valence-electron chi connectivity index (χ3n) is 6.39. The van der Waals surface area contributed by atoms with Crippen LogP contribution in [0.2, 0.25) is 0 Å². The number of aromatic nitrogens is 1. The van der Waals surface area contributed by atoms with E-state index in [1.807, 2.05) is 12.1 Å². The minimum Gasteiger partial charge on any atom is -0.454 e. The van der Waals surface area contributed by atoms with Crippen LogP contribution in [0.3, 0.4) is 0 Å². The van der Waals surface area contributed by atoms with Gasteiger partial charge in [-0.25, -0.2) is 0 Å². The molecule has 150 valence electrons. The molecule has 0 radical (unpaired) electrons. The molecule has 2 heteroatoms. The number of hydrogen-bond acceptors (Lipinski definition) is 1. The largest absolute Gasteiger partial charge is 0.454 e. The quantitative estimate of drug-likeness (QED) is 0.280. The molecule has 0 aliphatic heterocycles. The Hall–Kier alpha value is -4.30. The summed E-state index contributed by atoms with van der Waals surface area (Å²) in [5.41, 5.74) is 7.63. The summed E-state index contributed by atoms with van der Waals surface area (Å²) in [5.74, 6) is 0. The normalized spacial score (nSPS) is 11.8. The Morgan fingerprint density at radius 3 is 1.78 bits per heavy atom. The minimum atomic E-state index is 0.912. The predicted octanol–water partition coefficient (Wildman–Crippen LogP) is 8.35. The van der Waals surface area contributed by atoms with Crippen molar-refractivity contribution in [3.8, 4) is 16.8 Å². The van der Waals surface area contributed by atoms with Crippen LogP contribution >= 0.6 is 0 Å². The summed E-state index contributed by atoms with van der Waals surface area (Å²) in [6.07, 6.45) is 0. The Morgan fingerprint density at radius 2 is 1.06 bits per heavy atom. The highest BCUT2D eigenvalue weighted by atomic mass is 16.3. The van der Waals surface area contributed by atoms with Crippen LogP contribution in [0, 0.1) is 0 Å². The first-order valence-corrected chi connectivity index (χ1v) is 10.9. The number of nitrogens with zero attached hydrogens (tertiary/aromatic N) is 1. The average Bonchev–Trinajstić information content (AvgIpc) is 3.40. The van der Waals surface area contributed by atoms with Gasteiger partial charge >= 0.3 is 0 Å². The van der Waals surface area contributed by atoms with Crippen molar-refractivity contribution in [2.45, 2.75) is 0 Å². The second-order valence-electron chi connectivity index (χ2n) is 8.21. The van der Waals surface area contributed by atoms with E-state index < -0.39 is 0 Å². The van der Waals surface area contributed by atoms with Gasteiger partial charge in [-0.3, -0.25) is 0 Å². The predicted molar refractivity (Wildman–Crippen MR) is 133 cm³/mol. The van der Waals surface area contributed by atoms with E-state index in [4.69, 9.17) is 4.42 Å². The van der Waals surface area contributed by atoms with Gasteiger partial charge in [0.1, 0.15) is 5.58 Å². The molecule has 0 saturated heterocycles. The van der Waals surface area contributed by atoms with Crippen LogP contribution in [0.5, 0.6) is 0 Å². The SMILES string of the molecule is c1ccc(-c2cc(-n3c4ccccc4c4ccccc43)c3oc4ccccc4c3c2)cc1. The number of furan rings is 1. The van der Waals surface area contributed by atoms with Gasteiger partial charge in [0.15, 0.2) is 5.58 Å². The van der Waals surface area contributed by atoms with Gasteiger partial charge in [-0.05, 0) is 41.5 Å². The number of rotatable bonds is 2. The molecule has 0 aliphatic rings. The molecule has 2 nitrogen and oxygen atoms in total. The molecule has 0 bridgehead atoms. The van der Waals surface area contributed by atoms with Crippen LogP contribution in [0.25, 0.3) is 60.6 Å². The van der Waals surface area contributed by atoms with E-state index in [0.29, 0.717) is 0 Å². The molecule has 2 heterocycles. The van der Waals surface area contributed by atoms with Crippen molar-refractivity contribution in [1.29, 1.82) is 0 Å². The lowest BCUT2D eigenvalue weighted by molar-refractivity contribution is 0.666. The van der Waals surface area contributed by atoms with E-state index in [9.17, 15) is 0 Å². The van der Waals surface area contributed by atoms with Gasteiger partial charge in [-0.2, -0.15) is 0 Å². The van der Waals surface area contributed by atoms with Gasteiger partial charge in [0.05, 0.1) is 16.7 Å². The standard InChI is InChI=1S/C30H19NO/c1-2-10-20(11-3-1)21-18-25-24-14-6-9-17-29(24)32-30(25)28(19-21)31-26-15-7-4-12-22(26)23-13-5-8-16-27(23)31/h1-19H. The van der Waals surface area contributed by atoms with Crippen molar-refractivity contribution < 1.29 is 4.42 Å². The first kappa shape index (κ1) is 17.4. The maximum atomic E-state index is 6.48. The van der Waals surface area contributed by atoms with E-state index >= 15 is 0 Å². The monoisotopic (exact) mass is 409 g/mol. The number of fused-ring (bicyclic) bond motifs is 6. The van der Waals surface area contributed by atoms with Crippen LogP contribution in [-0.4, -0.2) is 4.57 Å². The van der Waals surface area contributed by atoms with Crippen LogP contribution < -0.4 is 0 Å². The molecule has 0 amide bonds. The molecule has 7 aromatic rings.